The monoisotopic (exact) mass is 529 g/mol. The van der Waals surface area contributed by atoms with E-state index in [0.29, 0.717) is 17.9 Å². The van der Waals surface area contributed by atoms with Crippen LogP contribution in [-0.4, -0.2) is 58.0 Å². The molecule has 1 aromatic carbocycles. The summed E-state index contributed by atoms with van der Waals surface area (Å²) in [5, 5.41) is 14.2. The Morgan fingerprint density at radius 3 is 2.87 bits per heavy atom. The third kappa shape index (κ3) is 4.58. The van der Waals surface area contributed by atoms with Gasteiger partial charge in [-0.05, 0) is 73.7 Å². The van der Waals surface area contributed by atoms with Crippen molar-refractivity contribution in [3.63, 3.8) is 0 Å². The van der Waals surface area contributed by atoms with Gasteiger partial charge >= 0.3 is 0 Å². The normalized spacial score (nSPS) is 20.3. The Bertz CT molecular complexity index is 1470. The Morgan fingerprint density at radius 2 is 2.15 bits per heavy atom. The number of nitrogens with one attached hydrogen (secondary N) is 3. The molecule has 0 bridgehead atoms. The first-order chi connectivity index (χ1) is 18.8. The van der Waals surface area contributed by atoms with E-state index in [0.717, 1.165) is 67.1 Å². The van der Waals surface area contributed by atoms with Crippen LogP contribution in [0, 0.1) is 11.2 Å². The number of nitrogens with zero attached hydrogens (tertiary/aromatic N) is 4. The second-order valence-electron chi connectivity index (χ2n) is 11.7. The molecule has 2 aliphatic heterocycles. The van der Waals surface area contributed by atoms with Gasteiger partial charge in [0.15, 0.2) is 5.82 Å². The number of amides is 1. The Kier molecular flexibility index (Phi) is 6.41. The number of hydrogen-bond donors (Lipinski definition) is 3. The predicted molar refractivity (Wildman–Crippen MR) is 152 cm³/mol. The fourth-order valence-corrected chi connectivity index (χ4v) is 6.40. The highest BCUT2D eigenvalue weighted by atomic mass is 19.1. The summed E-state index contributed by atoms with van der Waals surface area (Å²) in [7, 11) is 0. The molecule has 204 valence electrons. The first-order valence-electron chi connectivity index (χ1n) is 13.8. The van der Waals surface area contributed by atoms with E-state index in [-0.39, 0.29) is 29.7 Å². The van der Waals surface area contributed by atoms with E-state index < -0.39 is 0 Å². The SMILES string of the molecule is C=Nc1n[nH]c(N[C@@H]2CCNC2)c1/C(=C\C)c1ccc(CN2CCn3c(cc4c3CC(C)(C)C4)C2=O)c(F)c1. The lowest BCUT2D eigenvalue weighted by Crippen LogP contribution is -2.40. The summed E-state index contributed by atoms with van der Waals surface area (Å²) >= 11 is 0. The maximum atomic E-state index is 15.5. The van der Waals surface area contributed by atoms with Crippen LogP contribution in [0.1, 0.15) is 65.6 Å². The first-order valence-corrected chi connectivity index (χ1v) is 13.8. The van der Waals surface area contributed by atoms with Crippen molar-refractivity contribution in [2.24, 2.45) is 10.4 Å². The van der Waals surface area contributed by atoms with E-state index in [1.807, 2.05) is 19.1 Å². The van der Waals surface area contributed by atoms with Crippen LogP contribution in [0.15, 0.2) is 35.3 Å². The van der Waals surface area contributed by atoms with Crippen LogP contribution in [0.25, 0.3) is 5.57 Å². The molecule has 3 aromatic rings. The van der Waals surface area contributed by atoms with Crippen molar-refractivity contribution in [1.82, 2.24) is 25.0 Å². The van der Waals surface area contributed by atoms with Gasteiger partial charge in [0.05, 0.1) is 5.56 Å². The van der Waals surface area contributed by atoms with Gasteiger partial charge in [-0.1, -0.05) is 32.1 Å². The molecule has 0 spiro atoms. The average molecular weight is 530 g/mol. The topological polar surface area (TPSA) is 90.3 Å². The third-order valence-corrected chi connectivity index (χ3v) is 8.30. The van der Waals surface area contributed by atoms with Crippen LogP contribution in [0.3, 0.4) is 0 Å². The number of aromatic amines is 1. The smallest absolute Gasteiger partial charge is 0.270 e. The van der Waals surface area contributed by atoms with Gasteiger partial charge in [0.2, 0.25) is 0 Å². The number of rotatable bonds is 7. The molecule has 1 fully saturated rings. The summed E-state index contributed by atoms with van der Waals surface area (Å²) in [6.45, 7) is 13.5. The molecule has 0 unspecified atom stereocenters. The van der Waals surface area contributed by atoms with Gasteiger partial charge in [0.1, 0.15) is 17.3 Å². The third-order valence-electron chi connectivity index (χ3n) is 8.30. The minimum Gasteiger partial charge on any atom is -0.366 e. The van der Waals surface area contributed by atoms with Gasteiger partial charge in [-0.25, -0.2) is 9.38 Å². The van der Waals surface area contributed by atoms with Crippen molar-refractivity contribution in [2.45, 2.75) is 59.2 Å². The fraction of sp³-hybridized carbons (Fsp3) is 0.433. The zero-order valence-electron chi connectivity index (χ0n) is 22.9. The van der Waals surface area contributed by atoms with Crippen molar-refractivity contribution >= 4 is 29.8 Å². The van der Waals surface area contributed by atoms with Crippen molar-refractivity contribution < 1.29 is 9.18 Å². The Balaban J connectivity index is 1.22. The molecule has 0 radical (unpaired) electrons. The molecule has 4 heterocycles. The number of anilines is 1. The molecule has 8 nitrogen and oxygen atoms in total. The van der Waals surface area contributed by atoms with E-state index in [2.05, 4.69) is 57.0 Å². The van der Waals surface area contributed by atoms with E-state index in [1.165, 1.54) is 11.3 Å². The first kappa shape index (κ1) is 25.6. The molecule has 1 atom stereocenters. The van der Waals surface area contributed by atoms with Crippen LogP contribution >= 0.6 is 0 Å². The molecule has 3 N–H and O–H groups in total. The summed E-state index contributed by atoms with van der Waals surface area (Å²) in [6, 6.07) is 7.56. The molecule has 39 heavy (non-hydrogen) atoms. The number of aromatic nitrogens is 3. The largest absolute Gasteiger partial charge is 0.366 e. The van der Waals surface area contributed by atoms with Crippen LogP contribution < -0.4 is 10.6 Å². The second-order valence-corrected chi connectivity index (χ2v) is 11.7. The van der Waals surface area contributed by atoms with Gasteiger partial charge < -0.3 is 20.1 Å². The molecular formula is C30H36FN7O. The van der Waals surface area contributed by atoms with Crippen LogP contribution in [0.5, 0.6) is 0 Å². The lowest BCUT2D eigenvalue weighted by Gasteiger charge is -2.30. The quantitative estimate of drug-likeness (QED) is 0.388. The van der Waals surface area contributed by atoms with E-state index in [1.54, 1.807) is 17.0 Å². The molecule has 3 aliphatic rings. The van der Waals surface area contributed by atoms with Crippen molar-refractivity contribution in [3.8, 4) is 0 Å². The maximum absolute atomic E-state index is 15.5. The summed E-state index contributed by atoms with van der Waals surface area (Å²) in [5.41, 5.74) is 6.36. The molecule has 1 saturated heterocycles. The van der Waals surface area contributed by atoms with Crippen molar-refractivity contribution in [3.05, 3.63) is 69.8 Å². The van der Waals surface area contributed by atoms with E-state index >= 15 is 4.39 Å². The number of benzene rings is 1. The van der Waals surface area contributed by atoms with Crippen LogP contribution in [0.4, 0.5) is 16.0 Å². The molecule has 1 amide bonds. The molecule has 1 aliphatic carbocycles. The number of halogens is 1. The van der Waals surface area contributed by atoms with Crippen molar-refractivity contribution in [1.29, 1.82) is 0 Å². The predicted octanol–water partition coefficient (Wildman–Crippen LogP) is 4.69. The van der Waals surface area contributed by atoms with Gasteiger partial charge in [0.25, 0.3) is 5.91 Å². The Labute approximate surface area is 228 Å². The van der Waals surface area contributed by atoms with Gasteiger partial charge in [-0.2, -0.15) is 5.10 Å². The molecule has 0 saturated carbocycles. The number of carbonyl (C=O) groups is 1. The van der Waals surface area contributed by atoms with Gasteiger partial charge in [0, 0.05) is 43.5 Å². The molecular weight excluding hydrogens is 493 g/mol. The Morgan fingerprint density at radius 1 is 1.31 bits per heavy atom. The standard InChI is InChI=1S/C30H36FN7O/c1-5-22(26-27(32-4)35-36-28(26)34-21-8-9-33-16-21)18-6-7-19(23(31)12-18)17-37-10-11-38-24(29(37)39)13-20-14-30(2,3)15-25(20)38/h5-7,12-13,21,33H,4,8-11,14-17H2,1-3H3,(H2,34,35,36)/b22-5-/t21-/m1/s1. The number of carbonyl (C=O) groups excluding carboxylic acids is 1. The van der Waals surface area contributed by atoms with Crippen LogP contribution in [-0.2, 0) is 25.9 Å². The minimum atomic E-state index is -0.337. The lowest BCUT2D eigenvalue weighted by molar-refractivity contribution is 0.0687. The average Bonchev–Trinajstić information content (AvgIpc) is 3.68. The number of allylic oxidation sites excluding steroid dienone is 1. The van der Waals surface area contributed by atoms with Crippen LogP contribution in [0.2, 0.25) is 0 Å². The fourth-order valence-electron chi connectivity index (χ4n) is 6.40. The lowest BCUT2D eigenvalue weighted by atomic mass is 9.90. The number of H-pyrrole nitrogens is 1. The minimum absolute atomic E-state index is 0.0247. The highest BCUT2D eigenvalue weighted by Crippen LogP contribution is 2.39. The highest BCUT2D eigenvalue weighted by molar-refractivity contribution is 5.94. The molecule has 9 heteroatoms. The zero-order valence-corrected chi connectivity index (χ0v) is 22.9. The van der Waals surface area contributed by atoms with Gasteiger partial charge in [-0.15, -0.1) is 0 Å². The van der Waals surface area contributed by atoms with Gasteiger partial charge in [-0.3, -0.25) is 9.89 Å². The maximum Gasteiger partial charge on any atom is 0.270 e. The summed E-state index contributed by atoms with van der Waals surface area (Å²) in [5.74, 6) is 0.860. The number of fused-ring (bicyclic) bond motifs is 3. The molecule has 6 rings (SSSR count). The van der Waals surface area contributed by atoms with E-state index in [4.69, 9.17) is 0 Å². The van der Waals surface area contributed by atoms with Crippen molar-refractivity contribution in [2.75, 3.05) is 25.0 Å². The summed E-state index contributed by atoms with van der Waals surface area (Å²) in [4.78, 5) is 19.2. The Hall–Kier alpha value is -3.72. The number of hydrogen-bond acceptors (Lipinski definition) is 5. The van der Waals surface area contributed by atoms with E-state index in [9.17, 15) is 4.79 Å². The summed E-state index contributed by atoms with van der Waals surface area (Å²) < 4.78 is 17.7. The number of aliphatic imine (C=N–C) groups is 1. The second kappa shape index (κ2) is 9.79. The zero-order chi connectivity index (χ0) is 27.3. The molecule has 2 aromatic heterocycles. The summed E-state index contributed by atoms with van der Waals surface area (Å²) in [6.07, 6.45) is 4.93. The highest BCUT2D eigenvalue weighted by Gasteiger charge is 2.36.